The van der Waals surface area contributed by atoms with E-state index in [1.807, 2.05) is 30.3 Å². The summed E-state index contributed by atoms with van der Waals surface area (Å²) in [4.78, 5) is 16.8. The Kier molecular flexibility index (Phi) is 3.58. The summed E-state index contributed by atoms with van der Waals surface area (Å²) >= 11 is 0. The predicted molar refractivity (Wildman–Crippen MR) is 77.3 cm³/mol. The van der Waals surface area contributed by atoms with Crippen LogP contribution in [0.5, 0.6) is 0 Å². The average Bonchev–Trinajstić information content (AvgIpc) is 2.47. The van der Waals surface area contributed by atoms with Gasteiger partial charge in [0.25, 0.3) is 0 Å². The quantitative estimate of drug-likeness (QED) is 0.759. The topological polar surface area (TPSA) is 30.0 Å². The fraction of sp³-hybridized carbons (Fsp3) is 0.412. The molecule has 1 aromatic carbocycles. The van der Waals surface area contributed by atoms with E-state index in [1.165, 1.54) is 32.1 Å². The average molecular weight is 253 g/mol. The van der Waals surface area contributed by atoms with Crippen LogP contribution in [0.3, 0.4) is 0 Å². The van der Waals surface area contributed by atoms with Crippen molar-refractivity contribution in [1.29, 1.82) is 0 Å². The number of ketones is 1. The van der Waals surface area contributed by atoms with Gasteiger partial charge in [-0.05, 0) is 18.1 Å². The lowest BCUT2D eigenvalue weighted by molar-refractivity contribution is 0.0952. The van der Waals surface area contributed by atoms with Crippen molar-refractivity contribution < 1.29 is 4.79 Å². The third-order valence-corrected chi connectivity index (χ3v) is 4.14. The van der Waals surface area contributed by atoms with Gasteiger partial charge in [0, 0.05) is 23.6 Å². The van der Waals surface area contributed by atoms with Gasteiger partial charge in [0.15, 0.2) is 5.78 Å². The van der Waals surface area contributed by atoms with Crippen molar-refractivity contribution in [3.05, 3.63) is 42.1 Å². The molecule has 1 aromatic heterocycles. The smallest absolute Gasteiger partial charge is 0.163 e. The molecule has 0 saturated heterocycles. The molecule has 1 fully saturated rings. The van der Waals surface area contributed by atoms with Crippen LogP contribution < -0.4 is 0 Å². The molecular weight excluding hydrogens is 234 g/mol. The first-order valence-corrected chi connectivity index (χ1v) is 7.21. The van der Waals surface area contributed by atoms with Crippen LogP contribution in [0.1, 0.15) is 48.9 Å². The zero-order chi connectivity index (χ0) is 13.1. The first kappa shape index (κ1) is 12.3. The summed E-state index contributed by atoms with van der Waals surface area (Å²) in [5.74, 6) is 0.874. The molecule has 2 heteroatoms. The van der Waals surface area contributed by atoms with Gasteiger partial charge in [-0.1, -0.05) is 50.3 Å². The van der Waals surface area contributed by atoms with Gasteiger partial charge >= 0.3 is 0 Å². The van der Waals surface area contributed by atoms with E-state index in [0.717, 1.165) is 16.5 Å². The molecule has 1 aliphatic carbocycles. The number of pyridine rings is 1. The number of carbonyl (C=O) groups excluding carboxylic acids is 1. The monoisotopic (exact) mass is 253 g/mol. The number of hydrogen-bond acceptors (Lipinski definition) is 2. The Morgan fingerprint density at radius 1 is 1.11 bits per heavy atom. The Morgan fingerprint density at radius 3 is 2.79 bits per heavy atom. The van der Waals surface area contributed by atoms with Crippen molar-refractivity contribution in [3.8, 4) is 0 Å². The molecule has 0 radical (unpaired) electrons. The lowest BCUT2D eigenvalue weighted by atomic mass is 9.84. The molecule has 0 aliphatic heterocycles. The lowest BCUT2D eigenvalue weighted by Crippen LogP contribution is -2.12. The standard InChI is InChI=1S/C17H19NO/c19-17(12-13-6-2-1-3-7-13)15-8-4-10-16-14(15)9-5-11-18-16/h4-5,8-11,13H,1-3,6-7,12H2. The van der Waals surface area contributed by atoms with Crippen LogP contribution in [0.25, 0.3) is 10.9 Å². The van der Waals surface area contributed by atoms with Crippen LogP contribution in [0.15, 0.2) is 36.5 Å². The molecule has 2 nitrogen and oxygen atoms in total. The molecule has 2 aromatic rings. The minimum Gasteiger partial charge on any atom is -0.294 e. The van der Waals surface area contributed by atoms with E-state index < -0.39 is 0 Å². The number of fused-ring (bicyclic) bond motifs is 1. The van der Waals surface area contributed by atoms with Gasteiger partial charge in [-0.15, -0.1) is 0 Å². The number of Topliss-reactive ketones (excluding diaryl/α,β-unsaturated/α-hetero) is 1. The highest BCUT2D eigenvalue weighted by molar-refractivity contribution is 6.07. The van der Waals surface area contributed by atoms with Crippen molar-refractivity contribution in [2.45, 2.75) is 38.5 Å². The summed E-state index contributed by atoms with van der Waals surface area (Å²) in [6.45, 7) is 0. The number of hydrogen-bond donors (Lipinski definition) is 0. The zero-order valence-electron chi connectivity index (χ0n) is 11.1. The molecule has 0 N–H and O–H groups in total. The van der Waals surface area contributed by atoms with Crippen LogP contribution in [0, 0.1) is 5.92 Å². The van der Waals surface area contributed by atoms with Gasteiger partial charge < -0.3 is 0 Å². The van der Waals surface area contributed by atoms with Crippen LogP contribution >= 0.6 is 0 Å². The molecule has 1 saturated carbocycles. The Bertz CT molecular complexity index is 579. The molecule has 1 aliphatic rings. The number of aromatic nitrogens is 1. The van der Waals surface area contributed by atoms with Gasteiger partial charge in [-0.25, -0.2) is 0 Å². The van der Waals surface area contributed by atoms with E-state index in [1.54, 1.807) is 6.20 Å². The van der Waals surface area contributed by atoms with Crippen LogP contribution in [0.4, 0.5) is 0 Å². The summed E-state index contributed by atoms with van der Waals surface area (Å²) < 4.78 is 0. The first-order chi connectivity index (χ1) is 9.34. The second kappa shape index (κ2) is 5.52. The minimum absolute atomic E-state index is 0.283. The number of benzene rings is 1. The second-order valence-electron chi connectivity index (χ2n) is 5.51. The maximum atomic E-state index is 12.5. The Hall–Kier alpha value is -1.70. The molecule has 98 valence electrons. The fourth-order valence-corrected chi connectivity index (χ4v) is 3.11. The van der Waals surface area contributed by atoms with E-state index >= 15 is 0 Å². The molecule has 3 rings (SSSR count). The number of rotatable bonds is 3. The summed E-state index contributed by atoms with van der Waals surface area (Å²) in [6.07, 6.45) is 8.82. The second-order valence-corrected chi connectivity index (χ2v) is 5.51. The van der Waals surface area contributed by atoms with E-state index in [9.17, 15) is 4.79 Å². The molecule has 0 atom stereocenters. The summed E-state index contributed by atoms with van der Waals surface area (Å²) in [6, 6.07) is 9.74. The van der Waals surface area contributed by atoms with E-state index in [4.69, 9.17) is 0 Å². The zero-order valence-corrected chi connectivity index (χ0v) is 11.1. The third kappa shape index (κ3) is 2.67. The highest BCUT2D eigenvalue weighted by Crippen LogP contribution is 2.28. The molecule has 0 amide bonds. The van der Waals surface area contributed by atoms with E-state index in [0.29, 0.717) is 12.3 Å². The molecule has 1 heterocycles. The van der Waals surface area contributed by atoms with Crippen LogP contribution in [0.2, 0.25) is 0 Å². The molecule has 19 heavy (non-hydrogen) atoms. The summed E-state index contributed by atoms with van der Waals surface area (Å²) in [5.41, 5.74) is 1.76. The normalized spacial score (nSPS) is 16.6. The predicted octanol–water partition coefficient (Wildman–Crippen LogP) is 4.39. The van der Waals surface area contributed by atoms with E-state index in [-0.39, 0.29) is 5.78 Å². The summed E-state index contributed by atoms with van der Waals surface area (Å²) in [7, 11) is 0. The third-order valence-electron chi connectivity index (χ3n) is 4.14. The van der Waals surface area contributed by atoms with Gasteiger partial charge in [0.05, 0.1) is 5.52 Å². The molecule has 0 bridgehead atoms. The van der Waals surface area contributed by atoms with Gasteiger partial charge in [-0.2, -0.15) is 0 Å². The molecule has 0 unspecified atom stereocenters. The number of nitrogens with zero attached hydrogens (tertiary/aromatic N) is 1. The fourth-order valence-electron chi connectivity index (χ4n) is 3.11. The molecular formula is C17H19NO. The van der Waals surface area contributed by atoms with E-state index in [2.05, 4.69) is 4.98 Å². The SMILES string of the molecule is O=C(CC1CCCCC1)c1cccc2ncccc12. The summed E-state index contributed by atoms with van der Waals surface area (Å²) in [5, 5.41) is 0.991. The van der Waals surface area contributed by atoms with Crippen molar-refractivity contribution in [2.75, 3.05) is 0 Å². The first-order valence-electron chi connectivity index (χ1n) is 7.21. The van der Waals surface area contributed by atoms with Crippen molar-refractivity contribution in [1.82, 2.24) is 4.98 Å². The minimum atomic E-state index is 0.283. The van der Waals surface area contributed by atoms with Crippen molar-refractivity contribution in [2.24, 2.45) is 5.92 Å². The van der Waals surface area contributed by atoms with Gasteiger partial charge in [0.2, 0.25) is 0 Å². The van der Waals surface area contributed by atoms with Crippen molar-refractivity contribution >= 4 is 16.7 Å². The maximum absolute atomic E-state index is 12.5. The highest BCUT2D eigenvalue weighted by Gasteiger charge is 2.19. The van der Waals surface area contributed by atoms with Crippen molar-refractivity contribution in [3.63, 3.8) is 0 Å². The Labute approximate surface area is 113 Å². The molecule has 0 spiro atoms. The number of carbonyl (C=O) groups is 1. The Balaban J connectivity index is 1.85. The lowest BCUT2D eigenvalue weighted by Gasteiger charge is -2.20. The largest absolute Gasteiger partial charge is 0.294 e. The highest BCUT2D eigenvalue weighted by atomic mass is 16.1. The maximum Gasteiger partial charge on any atom is 0.163 e. The van der Waals surface area contributed by atoms with Gasteiger partial charge in [-0.3, -0.25) is 9.78 Å². The Morgan fingerprint density at radius 2 is 1.95 bits per heavy atom. The van der Waals surface area contributed by atoms with Crippen LogP contribution in [-0.4, -0.2) is 10.8 Å². The van der Waals surface area contributed by atoms with Crippen LogP contribution in [-0.2, 0) is 0 Å². The van der Waals surface area contributed by atoms with Gasteiger partial charge in [0.1, 0.15) is 0 Å².